The van der Waals surface area contributed by atoms with Gasteiger partial charge in [-0.15, -0.1) is 0 Å². The fourth-order valence-electron chi connectivity index (χ4n) is 1.59. The number of nitrogens with zero attached hydrogens (tertiary/aromatic N) is 1. The first-order chi connectivity index (χ1) is 9.83. The van der Waals surface area contributed by atoms with Gasteiger partial charge in [0.1, 0.15) is 5.75 Å². The van der Waals surface area contributed by atoms with Crippen molar-refractivity contribution >= 4 is 23.4 Å². The van der Waals surface area contributed by atoms with Crippen molar-refractivity contribution in [1.82, 2.24) is 5.32 Å². The van der Waals surface area contributed by atoms with Crippen LogP contribution in [0.2, 0.25) is 0 Å². The monoisotopic (exact) mass is 297 g/mol. The number of anilines is 1. The molecule has 3 N–H and O–H groups in total. The van der Waals surface area contributed by atoms with E-state index in [1.54, 1.807) is 6.92 Å². The predicted octanol–water partition coefficient (Wildman–Crippen LogP) is 1.59. The zero-order chi connectivity index (χ0) is 16.0. The van der Waals surface area contributed by atoms with Crippen molar-refractivity contribution in [3.8, 4) is 5.75 Å². The van der Waals surface area contributed by atoms with Gasteiger partial charge < -0.3 is 20.5 Å². The van der Waals surface area contributed by atoms with E-state index >= 15 is 0 Å². The molecule has 1 atom stereocenters. The van der Waals surface area contributed by atoms with E-state index in [-0.39, 0.29) is 23.5 Å². The van der Waals surface area contributed by atoms with Crippen LogP contribution in [0.1, 0.15) is 13.3 Å². The maximum absolute atomic E-state index is 11.7. The number of carbonyl (C=O) groups excluding carboxylic acids is 1. The molecule has 0 saturated carbocycles. The first-order valence-electron chi connectivity index (χ1n) is 5.95. The van der Waals surface area contributed by atoms with E-state index in [9.17, 15) is 19.7 Å². The summed E-state index contributed by atoms with van der Waals surface area (Å²) in [6.45, 7) is 1.54. The summed E-state index contributed by atoms with van der Waals surface area (Å²) < 4.78 is 4.97. The number of aliphatic carboxylic acids is 1. The van der Waals surface area contributed by atoms with Crippen LogP contribution in [0, 0.1) is 10.1 Å². The van der Waals surface area contributed by atoms with Crippen molar-refractivity contribution in [2.45, 2.75) is 19.4 Å². The summed E-state index contributed by atoms with van der Waals surface area (Å²) >= 11 is 0. The summed E-state index contributed by atoms with van der Waals surface area (Å²) in [6, 6.07) is 2.54. The highest BCUT2D eigenvalue weighted by Crippen LogP contribution is 2.28. The summed E-state index contributed by atoms with van der Waals surface area (Å²) in [5.74, 6) is -0.902. The van der Waals surface area contributed by atoms with Crippen LogP contribution in [0.25, 0.3) is 0 Å². The van der Waals surface area contributed by atoms with Gasteiger partial charge in [-0.1, -0.05) is 0 Å². The summed E-state index contributed by atoms with van der Waals surface area (Å²) in [6.07, 6.45) is -0.217. The number of amides is 2. The number of nitro groups is 1. The Morgan fingerprint density at radius 3 is 2.67 bits per heavy atom. The topological polar surface area (TPSA) is 131 Å². The molecule has 1 rings (SSSR count). The van der Waals surface area contributed by atoms with E-state index in [4.69, 9.17) is 9.84 Å². The fraction of sp³-hybridized carbons (Fsp3) is 0.333. The minimum atomic E-state index is -1.03. The highest BCUT2D eigenvalue weighted by molar-refractivity contribution is 5.91. The Labute approximate surface area is 120 Å². The van der Waals surface area contributed by atoms with Crippen molar-refractivity contribution in [1.29, 1.82) is 0 Å². The molecule has 0 fully saturated rings. The molecule has 0 saturated heterocycles. The second-order valence-corrected chi connectivity index (χ2v) is 4.24. The van der Waals surface area contributed by atoms with Gasteiger partial charge in [-0.25, -0.2) is 4.79 Å². The van der Waals surface area contributed by atoms with Crippen LogP contribution in [-0.2, 0) is 4.79 Å². The number of methoxy groups -OCH3 is 1. The minimum Gasteiger partial charge on any atom is -0.494 e. The fourth-order valence-corrected chi connectivity index (χ4v) is 1.59. The van der Waals surface area contributed by atoms with E-state index in [0.29, 0.717) is 0 Å². The number of urea groups is 1. The number of carboxylic acids is 1. The van der Waals surface area contributed by atoms with Crippen molar-refractivity contribution in [2.75, 3.05) is 12.4 Å². The Bertz CT molecular complexity index is 560. The van der Waals surface area contributed by atoms with Crippen molar-refractivity contribution < 1.29 is 24.4 Å². The van der Waals surface area contributed by atoms with Crippen LogP contribution >= 0.6 is 0 Å². The first kappa shape index (κ1) is 16.2. The number of ether oxygens (including phenoxy) is 1. The number of non-ortho nitro benzene ring substituents is 1. The van der Waals surface area contributed by atoms with Gasteiger partial charge in [0.2, 0.25) is 0 Å². The second kappa shape index (κ2) is 7.08. The molecule has 21 heavy (non-hydrogen) atoms. The quantitative estimate of drug-likeness (QED) is 0.539. The molecule has 0 aliphatic rings. The van der Waals surface area contributed by atoms with Gasteiger partial charge >= 0.3 is 12.0 Å². The number of nitro benzene ring substituents is 1. The van der Waals surface area contributed by atoms with Gasteiger partial charge in [0, 0.05) is 12.1 Å². The molecule has 0 radical (unpaired) electrons. The zero-order valence-electron chi connectivity index (χ0n) is 11.5. The summed E-state index contributed by atoms with van der Waals surface area (Å²) in [5, 5.41) is 24.1. The molecular formula is C12H15N3O6. The molecule has 1 aromatic carbocycles. The van der Waals surface area contributed by atoms with Crippen molar-refractivity contribution in [3.63, 3.8) is 0 Å². The number of benzene rings is 1. The zero-order valence-corrected chi connectivity index (χ0v) is 11.5. The molecule has 0 bridgehead atoms. The smallest absolute Gasteiger partial charge is 0.319 e. The third-order valence-electron chi connectivity index (χ3n) is 2.50. The van der Waals surface area contributed by atoms with E-state index in [1.165, 1.54) is 25.3 Å². The molecule has 0 spiro atoms. The van der Waals surface area contributed by atoms with Gasteiger partial charge in [-0.05, 0) is 13.0 Å². The van der Waals surface area contributed by atoms with Crippen molar-refractivity contribution in [3.05, 3.63) is 28.3 Å². The molecule has 1 aromatic rings. The third-order valence-corrected chi connectivity index (χ3v) is 2.50. The predicted molar refractivity (Wildman–Crippen MR) is 73.5 cm³/mol. The Morgan fingerprint density at radius 1 is 1.48 bits per heavy atom. The number of nitrogens with one attached hydrogen (secondary N) is 2. The lowest BCUT2D eigenvalue weighted by atomic mass is 10.2. The lowest BCUT2D eigenvalue weighted by Crippen LogP contribution is -2.37. The number of hydrogen-bond acceptors (Lipinski definition) is 5. The van der Waals surface area contributed by atoms with Crippen LogP contribution in [0.15, 0.2) is 18.2 Å². The number of carboxylic acid groups (broad SMARTS) is 1. The lowest BCUT2D eigenvalue weighted by Gasteiger charge is -2.14. The summed E-state index contributed by atoms with van der Waals surface area (Å²) in [5.41, 5.74) is 0.0696. The first-order valence-corrected chi connectivity index (χ1v) is 5.95. The number of hydrogen-bond donors (Lipinski definition) is 3. The molecular weight excluding hydrogens is 282 g/mol. The lowest BCUT2D eigenvalue weighted by molar-refractivity contribution is -0.384. The summed E-state index contributed by atoms with van der Waals surface area (Å²) in [4.78, 5) is 32.2. The maximum atomic E-state index is 11.7. The molecule has 9 nitrogen and oxygen atoms in total. The highest BCUT2D eigenvalue weighted by Gasteiger charge is 2.15. The van der Waals surface area contributed by atoms with Crippen LogP contribution < -0.4 is 15.4 Å². The summed E-state index contributed by atoms with van der Waals surface area (Å²) in [7, 11) is 1.31. The van der Waals surface area contributed by atoms with Gasteiger partial charge in [0.15, 0.2) is 0 Å². The number of rotatable bonds is 6. The van der Waals surface area contributed by atoms with Crippen LogP contribution in [0.5, 0.6) is 5.75 Å². The van der Waals surface area contributed by atoms with E-state index < -0.39 is 23.0 Å². The Kier molecular flexibility index (Phi) is 5.47. The Morgan fingerprint density at radius 2 is 2.14 bits per heavy atom. The molecule has 0 aromatic heterocycles. The molecule has 0 aliphatic carbocycles. The van der Waals surface area contributed by atoms with Gasteiger partial charge in [-0.3, -0.25) is 14.9 Å². The molecule has 2 amide bonds. The van der Waals surface area contributed by atoms with Crippen LogP contribution in [0.4, 0.5) is 16.2 Å². The van der Waals surface area contributed by atoms with Crippen LogP contribution in [0.3, 0.4) is 0 Å². The van der Waals surface area contributed by atoms with E-state index in [0.717, 1.165) is 0 Å². The molecule has 1 unspecified atom stereocenters. The molecule has 0 aliphatic heterocycles. The minimum absolute atomic E-state index is 0.130. The van der Waals surface area contributed by atoms with Crippen LogP contribution in [-0.4, -0.2) is 35.2 Å². The van der Waals surface area contributed by atoms with E-state index in [1.807, 2.05) is 0 Å². The Balaban J connectivity index is 2.76. The molecule has 114 valence electrons. The van der Waals surface area contributed by atoms with Crippen molar-refractivity contribution in [2.24, 2.45) is 0 Å². The third kappa shape index (κ3) is 4.97. The largest absolute Gasteiger partial charge is 0.494 e. The van der Waals surface area contributed by atoms with Gasteiger partial charge in [0.05, 0.1) is 30.2 Å². The highest BCUT2D eigenvalue weighted by atomic mass is 16.6. The van der Waals surface area contributed by atoms with Gasteiger partial charge in [-0.2, -0.15) is 0 Å². The maximum Gasteiger partial charge on any atom is 0.319 e. The number of carbonyl (C=O) groups is 2. The average molecular weight is 297 g/mol. The van der Waals surface area contributed by atoms with E-state index in [2.05, 4.69) is 10.6 Å². The average Bonchev–Trinajstić information content (AvgIpc) is 2.37. The SMILES string of the molecule is COc1cc([N+](=O)[O-])ccc1NC(=O)NC(C)CC(=O)O. The molecule has 9 heteroatoms. The Hall–Kier alpha value is -2.84. The van der Waals surface area contributed by atoms with Gasteiger partial charge in [0.25, 0.3) is 5.69 Å². The standard InChI is InChI=1S/C12H15N3O6/c1-7(5-11(16)17)13-12(18)14-9-4-3-8(15(19)20)6-10(9)21-2/h3-4,6-7H,5H2,1-2H3,(H,16,17)(H2,13,14,18). The normalized spacial score (nSPS) is 11.3. The molecule has 0 heterocycles. The second-order valence-electron chi connectivity index (χ2n) is 4.24.